The Kier molecular flexibility index (Phi) is 3.74. The quantitative estimate of drug-likeness (QED) is 0.720. The van der Waals surface area contributed by atoms with Crippen LogP contribution in [0.4, 0.5) is 0 Å². The van der Waals surface area contributed by atoms with Gasteiger partial charge in [0.2, 0.25) is 0 Å². The van der Waals surface area contributed by atoms with Gasteiger partial charge >= 0.3 is 0 Å². The van der Waals surface area contributed by atoms with E-state index in [0.717, 1.165) is 30.3 Å². The van der Waals surface area contributed by atoms with Crippen molar-refractivity contribution < 1.29 is 10.2 Å². The third-order valence-corrected chi connectivity index (χ3v) is 5.06. The molecule has 0 aliphatic heterocycles. The zero-order valence-electron chi connectivity index (χ0n) is 10.8. The van der Waals surface area contributed by atoms with Crippen molar-refractivity contribution in [3.05, 3.63) is 23.8 Å². The number of hydrogen-bond donors (Lipinski definition) is 2. The molecule has 96 valence electrons. The molecule has 2 N–H and O–H groups in total. The number of allylic oxidation sites excluding steroid dienone is 2. The minimum Gasteiger partial charge on any atom is -0.392 e. The summed E-state index contributed by atoms with van der Waals surface area (Å²) >= 11 is 0. The van der Waals surface area contributed by atoms with Gasteiger partial charge in [-0.25, -0.2) is 0 Å². The molecular weight excluding hydrogens is 212 g/mol. The van der Waals surface area contributed by atoms with E-state index in [2.05, 4.69) is 13.5 Å². The van der Waals surface area contributed by atoms with Crippen LogP contribution in [0.2, 0.25) is 0 Å². The summed E-state index contributed by atoms with van der Waals surface area (Å²) < 4.78 is 0. The molecule has 3 atom stereocenters. The van der Waals surface area contributed by atoms with E-state index < -0.39 is 0 Å². The van der Waals surface area contributed by atoms with Gasteiger partial charge < -0.3 is 10.2 Å². The minimum absolute atomic E-state index is 0.0276. The van der Waals surface area contributed by atoms with Crippen LogP contribution < -0.4 is 0 Å². The predicted molar refractivity (Wildman–Crippen MR) is 69.6 cm³/mol. The number of rotatable bonds is 5. The van der Waals surface area contributed by atoms with Crippen LogP contribution in [0, 0.1) is 17.3 Å². The molecule has 2 aliphatic carbocycles. The van der Waals surface area contributed by atoms with E-state index in [1.807, 2.05) is 6.08 Å². The van der Waals surface area contributed by atoms with Crippen molar-refractivity contribution in [3.63, 3.8) is 0 Å². The molecule has 0 aromatic heterocycles. The number of hydrogen-bond acceptors (Lipinski definition) is 2. The fourth-order valence-corrected chi connectivity index (χ4v) is 3.73. The van der Waals surface area contributed by atoms with Crippen LogP contribution in [0.3, 0.4) is 0 Å². The molecule has 0 amide bonds. The van der Waals surface area contributed by atoms with Gasteiger partial charge in [0.1, 0.15) is 0 Å². The first-order valence-electron chi connectivity index (χ1n) is 6.70. The molecule has 17 heavy (non-hydrogen) atoms. The molecule has 2 fully saturated rings. The Morgan fingerprint density at radius 1 is 1.41 bits per heavy atom. The van der Waals surface area contributed by atoms with Crippen molar-refractivity contribution in [3.8, 4) is 0 Å². The Morgan fingerprint density at radius 2 is 2.12 bits per heavy atom. The highest BCUT2D eigenvalue weighted by Gasteiger charge is 2.49. The van der Waals surface area contributed by atoms with Crippen molar-refractivity contribution >= 4 is 0 Å². The lowest BCUT2D eigenvalue weighted by molar-refractivity contribution is 0.239. The molecule has 0 aromatic carbocycles. The van der Waals surface area contributed by atoms with Gasteiger partial charge in [-0.2, -0.15) is 0 Å². The summed E-state index contributed by atoms with van der Waals surface area (Å²) in [4.78, 5) is 0. The topological polar surface area (TPSA) is 40.5 Å². The number of fused-ring (bicyclic) bond motifs is 2. The van der Waals surface area contributed by atoms with E-state index in [1.165, 1.54) is 24.8 Å². The van der Waals surface area contributed by atoms with Crippen molar-refractivity contribution in [2.45, 2.75) is 39.0 Å². The summed E-state index contributed by atoms with van der Waals surface area (Å²) in [6.45, 7) is 6.61. The highest BCUT2D eigenvalue weighted by atomic mass is 16.3. The van der Waals surface area contributed by atoms with E-state index >= 15 is 0 Å². The predicted octanol–water partition coefficient (Wildman–Crippen LogP) is 2.67. The molecule has 2 heteroatoms. The van der Waals surface area contributed by atoms with Crippen LogP contribution >= 0.6 is 0 Å². The zero-order chi connectivity index (χ0) is 12.5. The molecule has 0 saturated heterocycles. The van der Waals surface area contributed by atoms with E-state index in [-0.39, 0.29) is 13.2 Å². The molecule has 2 saturated carbocycles. The van der Waals surface area contributed by atoms with Gasteiger partial charge in [-0.1, -0.05) is 25.2 Å². The van der Waals surface area contributed by atoms with Crippen molar-refractivity contribution in [2.24, 2.45) is 17.3 Å². The summed E-state index contributed by atoms with van der Waals surface area (Å²) in [5.41, 5.74) is 2.49. The van der Waals surface area contributed by atoms with Gasteiger partial charge in [0.05, 0.1) is 13.2 Å². The summed E-state index contributed by atoms with van der Waals surface area (Å²) in [6.07, 6.45) is 8.08. The Bertz CT molecular complexity index is 326. The smallest absolute Gasteiger partial charge is 0.0663 e. The van der Waals surface area contributed by atoms with Crippen LogP contribution in [0.15, 0.2) is 23.8 Å². The van der Waals surface area contributed by atoms with Gasteiger partial charge in [0.15, 0.2) is 0 Å². The first kappa shape index (κ1) is 12.8. The SMILES string of the molecule is C=C1[C@@H]2CC[C@@H](C2)[C@@]1(C)CCC=C(CO)CO. The lowest BCUT2D eigenvalue weighted by Gasteiger charge is -2.36. The third kappa shape index (κ3) is 2.21. The molecule has 0 aromatic rings. The summed E-state index contributed by atoms with van der Waals surface area (Å²) in [5, 5.41) is 18.0. The Balaban J connectivity index is 1.95. The van der Waals surface area contributed by atoms with Crippen LogP contribution in [-0.4, -0.2) is 23.4 Å². The van der Waals surface area contributed by atoms with E-state index in [1.54, 1.807) is 0 Å². The van der Waals surface area contributed by atoms with Crippen LogP contribution in [0.25, 0.3) is 0 Å². The lowest BCUT2D eigenvalue weighted by atomic mass is 9.69. The third-order valence-electron chi connectivity index (χ3n) is 5.06. The molecule has 2 rings (SSSR count). The van der Waals surface area contributed by atoms with Crippen LogP contribution in [0.1, 0.15) is 39.0 Å². The lowest BCUT2D eigenvalue weighted by Crippen LogP contribution is -2.26. The standard InChI is InChI=1S/C15H24O2/c1-11-13-5-6-14(8-13)15(11,2)7-3-4-12(9-16)10-17/h4,13-14,16-17H,1,3,5-10H2,2H3/t13-,14+,15+/m1/s1. The second-order valence-electron chi connectivity index (χ2n) is 5.87. The average Bonchev–Trinajstić information content (AvgIpc) is 2.89. The second kappa shape index (κ2) is 4.95. The van der Waals surface area contributed by atoms with Gasteiger partial charge in [-0.15, -0.1) is 0 Å². The second-order valence-corrected chi connectivity index (χ2v) is 5.87. The van der Waals surface area contributed by atoms with Crippen molar-refractivity contribution in [2.75, 3.05) is 13.2 Å². The maximum atomic E-state index is 8.99. The van der Waals surface area contributed by atoms with Gasteiger partial charge in [-0.3, -0.25) is 0 Å². The molecule has 0 heterocycles. The normalized spacial score (nSPS) is 35.4. The molecule has 0 spiro atoms. The van der Waals surface area contributed by atoms with Crippen LogP contribution in [0.5, 0.6) is 0 Å². The molecule has 2 nitrogen and oxygen atoms in total. The Morgan fingerprint density at radius 3 is 2.65 bits per heavy atom. The fourth-order valence-electron chi connectivity index (χ4n) is 3.73. The molecule has 2 aliphatic rings. The van der Waals surface area contributed by atoms with E-state index in [0.29, 0.717) is 5.41 Å². The zero-order valence-corrected chi connectivity index (χ0v) is 10.8. The summed E-state index contributed by atoms with van der Waals surface area (Å²) in [5.74, 6) is 1.59. The monoisotopic (exact) mass is 236 g/mol. The summed E-state index contributed by atoms with van der Waals surface area (Å²) in [6, 6.07) is 0. The maximum Gasteiger partial charge on any atom is 0.0663 e. The first-order valence-corrected chi connectivity index (χ1v) is 6.70. The minimum atomic E-state index is -0.0276. The molecule has 2 bridgehead atoms. The van der Waals surface area contributed by atoms with Crippen LogP contribution in [-0.2, 0) is 0 Å². The van der Waals surface area contributed by atoms with Gasteiger partial charge in [0.25, 0.3) is 0 Å². The van der Waals surface area contributed by atoms with Gasteiger partial charge in [-0.05, 0) is 54.9 Å². The number of aliphatic hydroxyl groups is 2. The first-order chi connectivity index (χ1) is 8.11. The molecule has 0 radical (unpaired) electrons. The molecule has 0 unspecified atom stereocenters. The van der Waals surface area contributed by atoms with E-state index in [9.17, 15) is 0 Å². The average molecular weight is 236 g/mol. The Labute approximate surface area is 104 Å². The fraction of sp³-hybridized carbons (Fsp3) is 0.733. The highest BCUT2D eigenvalue weighted by molar-refractivity contribution is 5.24. The van der Waals surface area contributed by atoms with Crippen molar-refractivity contribution in [1.82, 2.24) is 0 Å². The van der Waals surface area contributed by atoms with E-state index in [4.69, 9.17) is 10.2 Å². The Hall–Kier alpha value is -0.600. The summed E-state index contributed by atoms with van der Waals surface area (Å²) in [7, 11) is 0. The molecular formula is C15H24O2. The largest absolute Gasteiger partial charge is 0.392 e. The van der Waals surface area contributed by atoms with Gasteiger partial charge in [0, 0.05) is 0 Å². The van der Waals surface area contributed by atoms with Crippen molar-refractivity contribution in [1.29, 1.82) is 0 Å². The maximum absolute atomic E-state index is 8.99. The highest BCUT2D eigenvalue weighted by Crippen LogP contribution is 2.60. The number of aliphatic hydroxyl groups excluding tert-OH is 2.